The quantitative estimate of drug-likeness (QED) is 0.693. The Hall–Kier alpha value is -0.570. The maximum absolute atomic E-state index is 11.0. The molecule has 3 heteroatoms. The zero-order valence-electron chi connectivity index (χ0n) is 10.4. The van der Waals surface area contributed by atoms with Crippen molar-refractivity contribution >= 4 is 5.97 Å². The first-order valence-corrected chi connectivity index (χ1v) is 5.56. The van der Waals surface area contributed by atoms with Gasteiger partial charge in [-0.25, -0.2) is 0 Å². The second kappa shape index (κ2) is 6.83. The highest BCUT2D eigenvalue weighted by Crippen LogP contribution is 2.29. The van der Waals surface area contributed by atoms with E-state index in [1.165, 1.54) is 7.11 Å². The summed E-state index contributed by atoms with van der Waals surface area (Å²) in [6, 6.07) is 0. The average Bonchev–Trinajstić information content (AvgIpc) is 2.11. The number of aliphatic hydroxyl groups is 1. The predicted molar refractivity (Wildman–Crippen MR) is 60.5 cm³/mol. The van der Waals surface area contributed by atoms with Gasteiger partial charge in [-0.05, 0) is 30.6 Å². The van der Waals surface area contributed by atoms with Crippen molar-refractivity contribution in [2.75, 3.05) is 13.7 Å². The van der Waals surface area contributed by atoms with Gasteiger partial charge in [0.2, 0.25) is 0 Å². The molecule has 0 aliphatic rings. The number of hydrogen-bond acceptors (Lipinski definition) is 3. The van der Waals surface area contributed by atoms with Crippen LogP contribution in [0.1, 0.15) is 46.5 Å². The molecule has 1 atom stereocenters. The Kier molecular flexibility index (Phi) is 6.57. The molecule has 90 valence electrons. The van der Waals surface area contributed by atoms with Crippen LogP contribution in [0.3, 0.4) is 0 Å². The molecular weight excluding hydrogens is 192 g/mol. The normalized spacial score (nSPS) is 13.7. The predicted octanol–water partition coefficient (Wildman–Crippen LogP) is 2.37. The minimum Gasteiger partial charge on any atom is -0.469 e. The number of rotatable bonds is 6. The van der Waals surface area contributed by atoms with Crippen LogP contribution in [-0.2, 0) is 9.53 Å². The van der Waals surface area contributed by atoms with Crippen molar-refractivity contribution in [1.29, 1.82) is 0 Å². The van der Waals surface area contributed by atoms with Crippen molar-refractivity contribution in [3.05, 3.63) is 0 Å². The second-order valence-electron chi connectivity index (χ2n) is 5.26. The molecule has 0 aliphatic carbocycles. The molecule has 0 aromatic carbocycles. The van der Waals surface area contributed by atoms with Crippen molar-refractivity contribution in [3.63, 3.8) is 0 Å². The van der Waals surface area contributed by atoms with Crippen LogP contribution in [0.5, 0.6) is 0 Å². The lowest BCUT2D eigenvalue weighted by Crippen LogP contribution is -2.16. The van der Waals surface area contributed by atoms with Crippen molar-refractivity contribution in [3.8, 4) is 0 Å². The Bertz CT molecular complexity index is 182. The van der Waals surface area contributed by atoms with Gasteiger partial charge in [0.1, 0.15) is 0 Å². The average molecular weight is 216 g/mol. The van der Waals surface area contributed by atoms with Gasteiger partial charge in [-0.2, -0.15) is 0 Å². The number of carbonyl (C=O) groups excluding carboxylic acids is 1. The molecule has 0 spiro atoms. The molecule has 0 saturated carbocycles. The lowest BCUT2D eigenvalue weighted by atomic mass is 9.81. The lowest BCUT2D eigenvalue weighted by molar-refractivity contribution is -0.141. The first-order valence-electron chi connectivity index (χ1n) is 5.56. The van der Waals surface area contributed by atoms with Gasteiger partial charge in [0, 0.05) is 13.0 Å². The highest BCUT2D eigenvalue weighted by Gasteiger charge is 2.19. The van der Waals surface area contributed by atoms with E-state index in [2.05, 4.69) is 25.5 Å². The maximum atomic E-state index is 11.0. The fourth-order valence-electron chi connectivity index (χ4n) is 1.82. The van der Waals surface area contributed by atoms with E-state index in [1.807, 2.05) is 0 Å². The van der Waals surface area contributed by atoms with Crippen LogP contribution in [0.25, 0.3) is 0 Å². The summed E-state index contributed by atoms with van der Waals surface area (Å²) in [5.74, 6) is 0.251. The Morgan fingerprint density at radius 3 is 2.33 bits per heavy atom. The molecule has 3 nitrogen and oxygen atoms in total. The van der Waals surface area contributed by atoms with E-state index in [-0.39, 0.29) is 18.0 Å². The van der Waals surface area contributed by atoms with Gasteiger partial charge >= 0.3 is 5.97 Å². The van der Waals surface area contributed by atoms with Gasteiger partial charge in [0.05, 0.1) is 7.11 Å². The van der Waals surface area contributed by atoms with E-state index < -0.39 is 0 Å². The highest BCUT2D eigenvalue weighted by atomic mass is 16.5. The number of methoxy groups -OCH3 is 1. The standard InChI is InChI=1S/C12H24O3/c1-12(2,3)9-10(7-8-13)5-6-11(14)15-4/h10,13H,5-9H2,1-4H3/t10-/m1/s1. The molecule has 0 aromatic rings. The van der Waals surface area contributed by atoms with Gasteiger partial charge in [-0.15, -0.1) is 0 Å². The molecule has 0 fully saturated rings. The zero-order chi connectivity index (χ0) is 11.9. The third kappa shape index (κ3) is 8.43. The zero-order valence-corrected chi connectivity index (χ0v) is 10.4. The smallest absolute Gasteiger partial charge is 0.305 e. The minimum atomic E-state index is -0.160. The number of aliphatic hydroxyl groups excluding tert-OH is 1. The molecule has 0 unspecified atom stereocenters. The lowest BCUT2D eigenvalue weighted by Gasteiger charge is -2.25. The van der Waals surface area contributed by atoms with Crippen molar-refractivity contribution in [2.45, 2.75) is 46.5 Å². The summed E-state index contributed by atoms with van der Waals surface area (Å²) < 4.78 is 4.61. The molecule has 0 aromatic heterocycles. The Morgan fingerprint density at radius 1 is 1.33 bits per heavy atom. The molecule has 0 amide bonds. The molecule has 0 bridgehead atoms. The second-order valence-corrected chi connectivity index (χ2v) is 5.26. The maximum Gasteiger partial charge on any atom is 0.305 e. The summed E-state index contributed by atoms with van der Waals surface area (Å²) in [6.07, 6.45) is 3.07. The number of carbonyl (C=O) groups is 1. The molecule has 0 aliphatic heterocycles. The summed E-state index contributed by atoms with van der Waals surface area (Å²) in [5.41, 5.74) is 0.246. The van der Waals surface area contributed by atoms with E-state index >= 15 is 0 Å². The van der Waals surface area contributed by atoms with Crippen LogP contribution in [-0.4, -0.2) is 24.8 Å². The molecular formula is C12H24O3. The monoisotopic (exact) mass is 216 g/mol. The van der Waals surface area contributed by atoms with Crippen LogP contribution in [0.2, 0.25) is 0 Å². The molecule has 0 radical (unpaired) electrons. The van der Waals surface area contributed by atoms with Crippen LogP contribution >= 0.6 is 0 Å². The highest BCUT2D eigenvalue weighted by molar-refractivity contribution is 5.69. The van der Waals surface area contributed by atoms with Gasteiger partial charge in [-0.3, -0.25) is 4.79 Å². The fraction of sp³-hybridized carbons (Fsp3) is 0.917. The Labute approximate surface area is 92.8 Å². The summed E-state index contributed by atoms with van der Waals surface area (Å²) in [4.78, 5) is 11.0. The third-order valence-electron chi connectivity index (χ3n) is 2.42. The molecule has 1 N–H and O–H groups in total. The molecule has 0 rings (SSSR count). The summed E-state index contributed by atoms with van der Waals surface area (Å²) in [7, 11) is 1.41. The summed E-state index contributed by atoms with van der Waals surface area (Å²) in [6.45, 7) is 6.72. The number of hydrogen-bond donors (Lipinski definition) is 1. The number of esters is 1. The van der Waals surface area contributed by atoms with E-state index in [0.29, 0.717) is 12.3 Å². The summed E-state index contributed by atoms with van der Waals surface area (Å²) >= 11 is 0. The topological polar surface area (TPSA) is 46.5 Å². The SMILES string of the molecule is COC(=O)CC[C@H](CCO)CC(C)(C)C. The van der Waals surface area contributed by atoms with Gasteiger partial charge < -0.3 is 9.84 Å². The van der Waals surface area contributed by atoms with E-state index in [1.54, 1.807) is 0 Å². The van der Waals surface area contributed by atoms with Crippen molar-refractivity contribution < 1.29 is 14.6 Å². The molecule has 0 saturated heterocycles. The van der Waals surface area contributed by atoms with Gasteiger partial charge in [0.15, 0.2) is 0 Å². The van der Waals surface area contributed by atoms with Crippen molar-refractivity contribution in [1.82, 2.24) is 0 Å². The van der Waals surface area contributed by atoms with Gasteiger partial charge in [-0.1, -0.05) is 20.8 Å². The number of ether oxygens (including phenoxy) is 1. The van der Waals surface area contributed by atoms with Crippen molar-refractivity contribution in [2.24, 2.45) is 11.3 Å². The van der Waals surface area contributed by atoms with E-state index in [4.69, 9.17) is 5.11 Å². The molecule has 0 heterocycles. The first-order chi connectivity index (χ1) is 6.89. The largest absolute Gasteiger partial charge is 0.469 e. The van der Waals surface area contributed by atoms with Crippen LogP contribution in [0.4, 0.5) is 0 Å². The Morgan fingerprint density at radius 2 is 1.93 bits per heavy atom. The van der Waals surface area contributed by atoms with Crippen LogP contribution in [0, 0.1) is 11.3 Å². The van der Waals surface area contributed by atoms with Crippen LogP contribution in [0.15, 0.2) is 0 Å². The minimum absolute atomic E-state index is 0.160. The molecule has 15 heavy (non-hydrogen) atoms. The third-order valence-corrected chi connectivity index (χ3v) is 2.42. The first kappa shape index (κ1) is 14.4. The summed E-state index contributed by atoms with van der Waals surface area (Å²) in [5, 5.41) is 8.94. The van der Waals surface area contributed by atoms with E-state index in [0.717, 1.165) is 19.3 Å². The Balaban J connectivity index is 3.99. The fourth-order valence-corrected chi connectivity index (χ4v) is 1.82. The van der Waals surface area contributed by atoms with Gasteiger partial charge in [0.25, 0.3) is 0 Å². The van der Waals surface area contributed by atoms with Crippen LogP contribution < -0.4 is 0 Å². The van der Waals surface area contributed by atoms with E-state index in [9.17, 15) is 4.79 Å².